The molecule has 1 saturated heterocycles. The largest absolute Gasteiger partial charge is 0.495 e. The number of nitrogens with zero attached hydrogens (tertiary/aromatic N) is 4. The van der Waals surface area contributed by atoms with Crippen LogP contribution in [0.5, 0.6) is 5.75 Å². The van der Waals surface area contributed by atoms with Crippen LogP contribution in [0.4, 0.5) is 10.5 Å². The number of fused-ring (bicyclic) bond motifs is 1. The Morgan fingerprint density at radius 1 is 1.03 bits per heavy atom. The highest BCUT2D eigenvalue weighted by molar-refractivity contribution is 5.95. The molecule has 172 valence electrons. The van der Waals surface area contributed by atoms with Crippen LogP contribution in [0.1, 0.15) is 17.3 Å². The zero-order valence-electron chi connectivity index (χ0n) is 18.8. The number of anilines is 1. The molecule has 0 atom stereocenters. The lowest BCUT2D eigenvalue weighted by Crippen LogP contribution is -2.50. The van der Waals surface area contributed by atoms with E-state index in [9.17, 15) is 14.4 Å². The molecular weight excluding hydrogens is 422 g/mol. The van der Waals surface area contributed by atoms with Crippen LogP contribution < -0.4 is 15.6 Å². The van der Waals surface area contributed by atoms with Gasteiger partial charge in [-0.3, -0.25) is 19.5 Å². The minimum atomic E-state index is -0.159. The minimum absolute atomic E-state index is 0.00911. The molecule has 4 rings (SSSR count). The third-order valence-corrected chi connectivity index (χ3v) is 5.89. The van der Waals surface area contributed by atoms with Gasteiger partial charge in [-0.2, -0.15) is 0 Å². The molecule has 0 aliphatic carbocycles. The lowest BCUT2D eigenvalue weighted by atomic mass is 10.1. The summed E-state index contributed by atoms with van der Waals surface area (Å²) in [7, 11) is 1.57. The summed E-state index contributed by atoms with van der Waals surface area (Å²) in [5.41, 5.74) is 2.68. The Hall–Kier alpha value is -3.72. The van der Waals surface area contributed by atoms with E-state index < -0.39 is 0 Å². The Kier molecular flexibility index (Phi) is 6.69. The van der Waals surface area contributed by atoms with Gasteiger partial charge in [0.2, 0.25) is 0 Å². The van der Waals surface area contributed by atoms with Crippen LogP contribution in [0.15, 0.2) is 53.5 Å². The molecule has 1 N–H and O–H groups in total. The Balaban J connectivity index is 1.32. The number of carbonyl (C=O) groups is 2. The molecule has 1 fully saturated rings. The van der Waals surface area contributed by atoms with Gasteiger partial charge in [-0.05, 0) is 37.3 Å². The first-order valence-electron chi connectivity index (χ1n) is 10.9. The Morgan fingerprint density at radius 2 is 1.76 bits per heavy atom. The first kappa shape index (κ1) is 22.5. The van der Waals surface area contributed by atoms with Gasteiger partial charge in [0.05, 0.1) is 24.3 Å². The molecule has 33 heavy (non-hydrogen) atoms. The van der Waals surface area contributed by atoms with Crippen LogP contribution in [0, 0.1) is 0 Å². The lowest BCUT2D eigenvalue weighted by molar-refractivity contribution is 0.101. The number of ketones is 1. The second-order valence-corrected chi connectivity index (χ2v) is 8.00. The molecule has 1 aromatic carbocycles. The van der Waals surface area contributed by atoms with Crippen molar-refractivity contribution in [3.05, 3.63) is 64.6 Å². The van der Waals surface area contributed by atoms with E-state index >= 15 is 0 Å². The Morgan fingerprint density at radius 3 is 2.42 bits per heavy atom. The van der Waals surface area contributed by atoms with Crippen molar-refractivity contribution in [2.24, 2.45) is 0 Å². The number of ether oxygens (including phenoxy) is 1. The van der Waals surface area contributed by atoms with Gasteiger partial charge in [-0.1, -0.05) is 0 Å². The molecular formula is C24H27N5O4. The third kappa shape index (κ3) is 5.20. The molecule has 2 amide bonds. The standard InChI is InChI=1S/C24H27N5O4/c1-17(30)18-3-5-19(6-4-18)26-24(32)28-12-9-27(10-13-28)11-14-29-22-15-20(33-2)16-25-21(22)7-8-23(29)31/h3-8,15-16H,9-14H2,1-2H3,(H,26,32). The molecule has 3 aromatic rings. The second-order valence-electron chi connectivity index (χ2n) is 8.00. The predicted octanol–water partition coefficient (Wildman–Crippen LogP) is 2.46. The summed E-state index contributed by atoms with van der Waals surface area (Å²) in [5, 5.41) is 2.88. The zero-order valence-corrected chi connectivity index (χ0v) is 18.8. The number of methoxy groups -OCH3 is 1. The third-order valence-electron chi connectivity index (χ3n) is 5.89. The number of carbonyl (C=O) groups excluding carboxylic acids is 2. The molecule has 0 spiro atoms. The molecule has 0 unspecified atom stereocenters. The van der Waals surface area contributed by atoms with Gasteiger partial charge in [-0.15, -0.1) is 0 Å². The minimum Gasteiger partial charge on any atom is -0.495 e. The molecule has 0 bridgehead atoms. The maximum Gasteiger partial charge on any atom is 0.321 e. The average molecular weight is 450 g/mol. The first-order valence-corrected chi connectivity index (χ1v) is 10.9. The highest BCUT2D eigenvalue weighted by Gasteiger charge is 2.21. The van der Waals surface area contributed by atoms with Crippen LogP contribution in [0.2, 0.25) is 0 Å². The molecule has 9 heteroatoms. The smallest absolute Gasteiger partial charge is 0.321 e. The van der Waals surface area contributed by atoms with Crippen LogP contribution in [0.25, 0.3) is 11.0 Å². The van der Waals surface area contributed by atoms with Crippen LogP contribution in [0.3, 0.4) is 0 Å². The summed E-state index contributed by atoms with van der Waals surface area (Å²) in [6.07, 6.45) is 1.64. The van der Waals surface area contributed by atoms with E-state index in [-0.39, 0.29) is 17.4 Å². The SMILES string of the molecule is COc1cnc2ccc(=O)n(CCN3CCN(C(=O)Nc4ccc(C(C)=O)cc4)CC3)c2c1. The van der Waals surface area contributed by atoms with Crippen LogP contribution >= 0.6 is 0 Å². The van der Waals surface area contributed by atoms with Crippen molar-refractivity contribution in [3.63, 3.8) is 0 Å². The zero-order chi connectivity index (χ0) is 23.4. The van der Waals surface area contributed by atoms with Crippen molar-refractivity contribution in [2.45, 2.75) is 13.5 Å². The fourth-order valence-corrected chi connectivity index (χ4v) is 3.90. The number of benzene rings is 1. The van der Waals surface area contributed by atoms with Crippen LogP contribution in [-0.4, -0.2) is 71.0 Å². The van der Waals surface area contributed by atoms with Crippen molar-refractivity contribution in [1.29, 1.82) is 0 Å². The number of rotatable bonds is 6. The van der Waals surface area contributed by atoms with E-state index in [1.165, 1.54) is 13.0 Å². The highest BCUT2D eigenvalue weighted by Crippen LogP contribution is 2.17. The van der Waals surface area contributed by atoms with E-state index in [1.54, 1.807) is 53.1 Å². The molecule has 3 heterocycles. The van der Waals surface area contributed by atoms with E-state index in [1.807, 2.05) is 6.07 Å². The maximum absolute atomic E-state index is 12.6. The normalized spacial score (nSPS) is 14.3. The summed E-state index contributed by atoms with van der Waals surface area (Å²) in [5.74, 6) is 0.600. The summed E-state index contributed by atoms with van der Waals surface area (Å²) in [4.78, 5) is 44.8. The number of nitrogens with one attached hydrogen (secondary N) is 1. The predicted molar refractivity (Wildman–Crippen MR) is 126 cm³/mol. The number of piperazine rings is 1. The van der Waals surface area contributed by atoms with E-state index in [4.69, 9.17) is 4.74 Å². The molecule has 1 aliphatic heterocycles. The summed E-state index contributed by atoms with van der Waals surface area (Å²) in [6, 6.07) is 11.8. The summed E-state index contributed by atoms with van der Waals surface area (Å²) < 4.78 is 6.97. The van der Waals surface area contributed by atoms with Crippen molar-refractivity contribution in [2.75, 3.05) is 45.2 Å². The van der Waals surface area contributed by atoms with Gasteiger partial charge in [0.1, 0.15) is 5.75 Å². The summed E-state index contributed by atoms with van der Waals surface area (Å²) in [6.45, 7) is 5.36. The van der Waals surface area contributed by atoms with Crippen molar-refractivity contribution >= 4 is 28.5 Å². The fourth-order valence-electron chi connectivity index (χ4n) is 3.90. The Labute approximate surface area is 191 Å². The molecule has 9 nitrogen and oxygen atoms in total. The number of aromatic nitrogens is 2. The lowest BCUT2D eigenvalue weighted by Gasteiger charge is -2.34. The average Bonchev–Trinajstić information content (AvgIpc) is 2.83. The first-order chi connectivity index (χ1) is 15.9. The van der Waals surface area contributed by atoms with Gasteiger partial charge in [0.15, 0.2) is 5.78 Å². The van der Waals surface area contributed by atoms with Crippen molar-refractivity contribution in [3.8, 4) is 5.75 Å². The quantitative estimate of drug-likeness (QED) is 0.581. The van der Waals surface area contributed by atoms with Gasteiger partial charge in [-0.25, -0.2) is 4.79 Å². The number of hydrogen-bond acceptors (Lipinski definition) is 6. The summed E-state index contributed by atoms with van der Waals surface area (Å²) >= 11 is 0. The van der Waals surface area contributed by atoms with Gasteiger partial charge >= 0.3 is 6.03 Å². The number of Topliss-reactive ketones (excluding diaryl/α,β-unsaturated/α-hetero) is 1. The number of amides is 2. The maximum atomic E-state index is 12.6. The monoisotopic (exact) mass is 449 g/mol. The van der Waals surface area contributed by atoms with Gasteiger partial charge in [0.25, 0.3) is 5.56 Å². The van der Waals surface area contributed by atoms with E-state index in [0.717, 1.165) is 24.1 Å². The topological polar surface area (TPSA) is 96.8 Å². The van der Waals surface area contributed by atoms with Crippen molar-refractivity contribution in [1.82, 2.24) is 19.4 Å². The second kappa shape index (κ2) is 9.83. The number of urea groups is 1. The molecule has 0 radical (unpaired) electrons. The number of hydrogen-bond donors (Lipinski definition) is 1. The van der Waals surface area contributed by atoms with E-state index in [0.29, 0.717) is 43.2 Å². The van der Waals surface area contributed by atoms with Crippen molar-refractivity contribution < 1.29 is 14.3 Å². The highest BCUT2D eigenvalue weighted by atomic mass is 16.5. The van der Waals surface area contributed by atoms with E-state index in [2.05, 4.69) is 15.2 Å². The van der Waals surface area contributed by atoms with Gasteiger partial charge < -0.3 is 19.5 Å². The number of pyridine rings is 2. The molecule has 0 saturated carbocycles. The van der Waals surface area contributed by atoms with Gasteiger partial charge in [0, 0.05) is 62.7 Å². The fraction of sp³-hybridized carbons (Fsp3) is 0.333. The van der Waals surface area contributed by atoms with Crippen LogP contribution in [-0.2, 0) is 6.54 Å². The molecule has 2 aromatic heterocycles. The molecule has 1 aliphatic rings. The Bertz CT molecular complexity index is 1210.